The van der Waals surface area contributed by atoms with E-state index in [0.717, 1.165) is 44.2 Å². The number of likely N-dealkylation sites (N-methyl/N-ethyl adjacent to an activating group) is 1. The predicted octanol–water partition coefficient (Wildman–Crippen LogP) is 8.07. The number of fused-ring (bicyclic) bond motifs is 3. The van der Waals surface area contributed by atoms with Gasteiger partial charge in [-0.3, -0.25) is 4.79 Å². The van der Waals surface area contributed by atoms with Crippen LogP contribution < -0.4 is 9.64 Å². The first-order valence-corrected chi connectivity index (χ1v) is 16.8. The van der Waals surface area contributed by atoms with Crippen LogP contribution in [0.15, 0.2) is 145 Å². The van der Waals surface area contributed by atoms with Crippen molar-refractivity contribution in [2.45, 2.75) is 10.6 Å². The fraction of sp³-hybridized carbons (Fsp3) is 0.0769. The monoisotopic (exact) mass is 637 g/mol. The molecule has 0 aliphatic carbocycles. The van der Waals surface area contributed by atoms with Gasteiger partial charge in [0, 0.05) is 46.3 Å². The van der Waals surface area contributed by atoms with Gasteiger partial charge in [0.25, 0.3) is 5.91 Å². The zero-order chi connectivity index (χ0) is 32.4. The fourth-order valence-corrected chi connectivity index (χ4v) is 7.17. The number of pyridine rings is 1. The smallest absolute Gasteiger partial charge is 0.264 e. The average molecular weight is 638 g/mol. The van der Waals surface area contributed by atoms with Gasteiger partial charge in [-0.1, -0.05) is 84.9 Å². The van der Waals surface area contributed by atoms with E-state index in [0.29, 0.717) is 21.9 Å². The molecule has 1 amide bonds. The molecule has 0 radical (unpaired) electrons. The SMILES string of the molecule is CN(C(=O)COc1ccccc1)c1ccc(-c2cnc3[nH]c4ccc(CS(=O)(=O)c5ccccc5)cc4c3c2-c2ccccc2)cc1. The Labute approximate surface area is 273 Å². The number of carbonyl (C=O) groups excluding carboxylic acids is 1. The van der Waals surface area contributed by atoms with Gasteiger partial charge in [-0.2, -0.15) is 0 Å². The van der Waals surface area contributed by atoms with Crippen molar-refractivity contribution in [3.63, 3.8) is 0 Å². The molecule has 2 aromatic heterocycles. The first kappa shape index (κ1) is 30.0. The molecule has 0 bridgehead atoms. The van der Waals surface area contributed by atoms with E-state index in [9.17, 15) is 13.2 Å². The lowest BCUT2D eigenvalue weighted by Gasteiger charge is -2.18. The van der Waals surface area contributed by atoms with Crippen molar-refractivity contribution in [2.24, 2.45) is 0 Å². The van der Waals surface area contributed by atoms with Crippen LogP contribution in [-0.4, -0.2) is 37.9 Å². The van der Waals surface area contributed by atoms with E-state index in [-0.39, 0.29) is 18.3 Å². The van der Waals surface area contributed by atoms with Crippen molar-refractivity contribution < 1.29 is 17.9 Å². The Morgan fingerprint density at radius 1 is 0.787 bits per heavy atom. The van der Waals surface area contributed by atoms with Crippen LogP contribution >= 0.6 is 0 Å². The summed E-state index contributed by atoms with van der Waals surface area (Å²) in [6.45, 7) is -0.0732. The average Bonchev–Trinajstić information content (AvgIpc) is 3.49. The molecule has 7 nitrogen and oxygen atoms in total. The zero-order valence-corrected chi connectivity index (χ0v) is 26.4. The summed E-state index contributed by atoms with van der Waals surface area (Å²) in [6, 6.07) is 41.4. The predicted molar refractivity (Wildman–Crippen MR) is 187 cm³/mol. The Bertz CT molecular complexity index is 2300. The number of hydrogen-bond acceptors (Lipinski definition) is 5. The summed E-state index contributed by atoms with van der Waals surface area (Å²) in [7, 11) is -1.80. The quantitative estimate of drug-likeness (QED) is 0.173. The van der Waals surface area contributed by atoms with Crippen LogP contribution in [0.3, 0.4) is 0 Å². The number of rotatable bonds is 9. The maximum atomic E-state index is 13.2. The van der Waals surface area contributed by atoms with Crippen LogP contribution in [0.2, 0.25) is 0 Å². The number of nitrogens with one attached hydrogen (secondary N) is 1. The van der Waals surface area contributed by atoms with Crippen LogP contribution in [0.4, 0.5) is 5.69 Å². The topological polar surface area (TPSA) is 92.4 Å². The third-order valence-corrected chi connectivity index (χ3v) is 9.96. The maximum Gasteiger partial charge on any atom is 0.264 e. The van der Waals surface area contributed by atoms with Crippen LogP contribution in [0.25, 0.3) is 44.2 Å². The Balaban J connectivity index is 1.26. The minimum atomic E-state index is -3.53. The van der Waals surface area contributed by atoms with E-state index in [1.54, 1.807) is 42.3 Å². The second kappa shape index (κ2) is 12.6. The van der Waals surface area contributed by atoms with Crippen LogP contribution in [0.5, 0.6) is 5.75 Å². The third-order valence-electron chi connectivity index (χ3n) is 8.25. The summed E-state index contributed by atoms with van der Waals surface area (Å²) in [5.41, 5.74) is 6.86. The number of hydrogen-bond donors (Lipinski definition) is 1. The summed E-state index contributed by atoms with van der Waals surface area (Å²) in [6.07, 6.45) is 1.86. The number of carbonyl (C=O) groups is 1. The molecule has 1 N–H and O–H groups in total. The molecule has 0 aliphatic rings. The number of ether oxygens (including phenoxy) is 1. The summed E-state index contributed by atoms with van der Waals surface area (Å²) in [5.74, 6) is 0.360. The summed E-state index contributed by atoms with van der Waals surface area (Å²) in [4.78, 5) is 23.0. The lowest BCUT2D eigenvalue weighted by atomic mass is 9.92. The highest BCUT2D eigenvalue weighted by atomic mass is 32.2. The van der Waals surface area contributed by atoms with Gasteiger partial charge in [0.2, 0.25) is 0 Å². The highest BCUT2D eigenvalue weighted by Gasteiger charge is 2.20. The van der Waals surface area contributed by atoms with Crippen LogP contribution in [-0.2, 0) is 20.4 Å². The van der Waals surface area contributed by atoms with Gasteiger partial charge in [0.15, 0.2) is 16.4 Å². The van der Waals surface area contributed by atoms with Crippen molar-refractivity contribution in [3.05, 3.63) is 145 Å². The molecule has 0 atom stereocenters. The standard InChI is InChI=1S/C39H31N3O4S/c1-42(36(43)25-46-31-13-7-3-8-14-31)30-20-18-28(19-21-30)34-24-40-39-38(37(34)29-11-5-2-6-12-29)33-23-27(17-22-35(33)41-39)26-47(44,45)32-15-9-4-10-16-32/h2-24H,25-26H2,1H3,(H,40,41). The number of aromatic nitrogens is 2. The van der Waals surface area contributed by atoms with Crippen molar-refractivity contribution in [1.82, 2.24) is 9.97 Å². The fourth-order valence-electron chi connectivity index (χ4n) is 5.81. The van der Waals surface area contributed by atoms with Gasteiger partial charge in [-0.25, -0.2) is 13.4 Å². The lowest BCUT2D eigenvalue weighted by Crippen LogP contribution is -2.31. The van der Waals surface area contributed by atoms with Crippen molar-refractivity contribution in [1.29, 1.82) is 0 Å². The first-order valence-electron chi connectivity index (χ1n) is 15.2. The van der Waals surface area contributed by atoms with E-state index < -0.39 is 9.84 Å². The van der Waals surface area contributed by atoms with Crippen molar-refractivity contribution in [3.8, 4) is 28.0 Å². The molecule has 0 fully saturated rings. The molecule has 0 saturated carbocycles. The van der Waals surface area contributed by atoms with E-state index in [2.05, 4.69) is 17.1 Å². The number of benzene rings is 5. The number of anilines is 1. The largest absolute Gasteiger partial charge is 0.484 e. The third kappa shape index (κ3) is 6.11. The number of amides is 1. The Morgan fingerprint density at radius 2 is 1.45 bits per heavy atom. The number of sulfone groups is 1. The number of H-pyrrole nitrogens is 1. The lowest BCUT2D eigenvalue weighted by molar-refractivity contribution is -0.120. The summed E-state index contributed by atoms with van der Waals surface area (Å²) in [5, 5.41) is 1.81. The van der Waals surface area contributed by atoms with Crippen LogP contribution in [0.1, 0.15) is 5.56 Å². The Hall–Kier alpha value is -5.73. The number of aromatic amines is 1. The molecule has 0 spiro atoms. The highest BCUT2D eigenvalue weighted by Crippen LogP contribution is 2.41. The minimum absolute atomic E-state index is 0.0732. The Kier molecular flexibility index (Phi) is 8.01. The second-order valence-corrected chi connectivity index (χ2v) is 13.3. The minimum Gasteiger partial charge on any atom is -0.484 e. The second-order valence-electron chi connectivity index (χ2n) is 11.3. The molecule has 5 aromatic carbocycles. The van der Waals surface area contributed by atoms with Gasteiger partial charge in [-0.05, 0) is 65.2 Å². The molecule has 47 heavy (non-hydrogen) atoms. The molecule has 2 heterocycles. The first-order chi connectivity index (χ1) is 22.9. The number of nitrogens with zero attached hydrogens (tertiary/aromatic N) is 2. The molecular weight excluding hydrogens is 607 g/mol. The van der Waals surface area contributed by atoms with Gasteiger partial charge in [0.05, 0.1) is 10.6 Å². The van der Waals surface area contributed by atoms with Crippen molar-refractivity contribution >= 4 is 43.4 Å². The molecule has 7 rings (SSSR count). The van der Waals surface area contributed by atoms with Crippen molar-refractivity contribution in [2.75, 3.05) is 18.6 Å². The maximum absolute atomic E-state index is 13.2. The molecule has 0 unspecified atom stereocenters. The molecule has 0 saturated heterocycles. The van der Waals surface area contributed by atoms with E-state index in [4.69, 9.17) is 9.72 Å². The van der Waals surface area contributed by atoms with E-state index >= 15 is 0 Å². The molecule has 7 aromatic rings. The van der Waals surface area contributed by atoms with E-state index in [1.165, 1.54) is 0 Å². The normalized spacial score (nSPS) is 11.5. The molecule has 8 heteroatoms. The Morgan fingerprint density at radius 3 is 2.15 bits per heavy atom. The number of para-hydroxylation sites is 1. The summed E-state index contributed by atoms with van der Waals surface area (Å²) >= 11 is 0. The molecule has 0 aliphatic heterocycles. The van der Waals surface area contributed by atoms with Gasteiger partial charge in [-0.15, -0.1) is 0 Å². The molecular formula is C39H31N3O4S. The molecule has 232 valence electrons. The van der Waals surface area contributed by atoms with Gasteiger partial charge in [0.1, 0.15) is 11.4 Å². The van der Waals surface area contributed by atoms with Gasteiger partial charge >= 0.3 is 0 Å². The van der Waals surface area contributed by atoms with Gasteiger partial charge < -0.3 is 14.6 Å². The van der Waals surface area contributed by atoms with Crippen LogP contribution in [0, 0.1) is 0 Å². The zero-order valence-electron chi connectivity index (χ0n) is 25.6. The van der Waals surface area contributed by atoms with E-state index in [1.807, 2.05) is 97.2 Å². The highest BCUT2D eigenvalue weighted by molar-refractivity contribution is 7.90. The summed E-state index contributed by atoms with van der Waals surface area (Å²) < 4.78 is 32.1.